The van der Waals surface area contributed by atoms with Gasteiger partial charge in [0.25, 0.3) is 0 Å². The van der Waals surface area contributed by atoms with E-state index in [1.165, 1.54) is 6.20 Å². The molecule has 3 N–H and O–H groups in total. The molecule has 2 unspecified atom stereocenters. The van der Waals surface area contributed by atoms with Gasteiger partial charge in [0.05, 0.1) is 19.3 Å². The van der Waals surface area contributed by atoms with Crippen LogP contribution in [0.5, 0.6) is 5.88 Å². The first-order valence-corrected chi connectivity index (χ1v) is 11.3. The number of ether oxygens (including phenoxy) is 1. The summed E-state index contributed by atoms with van der Waals surface area (Å²) in [6.45, 7) is 3.08. The summed E-state index contributed by atoms with van der Waals surface area (Å²) >= 11 is 0. The summed E-state index contributed by atoms with van der Waals surface area (Å²) in [5, 5.41) is 12.8. The molecule has 0 fully saturated rings. The standard InChI is InChI=1S/C19H22FN5O3S/c1-10-8-25-18(28-9-10)15(7-22-25)29(21,27)24-19(26)23-17-13-4-2-3-11(13)16(20)12-5-6-14(12)17/h7,10H,2-6,8-9H2,1H3,(H3,21,23,24,26,27). The molecule has 5 rings (SSSR count). The highest BCUT2D eigenvalue weighted by molar-refractivity contribution is 7.91. The number of carbonyl (C=O) groups is 1. The van der Waals surface area contributed by atoms with Crippen LogP contribution in [0.1, 0.15) is 35.6 Å². The lowest BCUT2D eigenvalue weighted by Gasteiger charge is -2.26. The Balaban J connectivity index is 1.47. The van der Waals surface area contributed by atoms with E-state index in [0.29, 0.717) is 61.5 Å². The summed E-state index contributed by atoms with van der Waals surface area (Å²) in [6, 6.07) is -0.809. The number of benzene rings is 1. The van der Waals surface area contributed by atoms with Crippen LogP contribution in [0.4, 0.5) is 14.9 Å². The fraction of sp³-hybridized carbons (Fsp3) is 0.474. The van der Waals surface area contributed by atoms with Crippen molar-refractivity contribution in [3.63, 3.8) is 0 Å². The monoisotopic (exact) mass is 419 g/mol. The van der Waals surface area contributed by atoms with E-state index in [1.54, 1.807) is 4.68 Å². The van der Waals surface area contributed by atoms with Gasteiger partial charge in [-0.3, -0.25) is 0 Å². The number of nitrogens with two attached hydrogens (primary N) is 1. The molecule has 10 heteroatoms. The van der Waals surface area contributed by atoms with E-state index in [0.717, 1.165) is 17.5 Å². The molecule has 2 aliphatic carbocycles. The molecule has 3 aliphatic rings. The highest BCUT2D eigenvalue weighted by Gasteiger charge is 2.32. The summed E-state index contributed by atoms with van der Waals surface area (Å²) in [5.41, 5.74) is 3.61. The van der Waals surface area contributed by atoms with Crippen LogP contribution in [0.15, 0.2) is 15.5 Å². The maximum Gasteiger partial charge on any atom is 0.354 e. The molecule has 0 spiro atoms. The van der Waals surface area contributed by atoms with E-state index in [1.807, 2.05) is 6.92 Å². The van der Waals surface area contributed by atoms with Gasteiger partial charge in [-0.25, -0.2) is 23.2 Å². The predicted molar refractivity (Wildman–Crippen MR) is 105 cm³/mol. The molecule has 1 aromatic carbocycles. The third-order valence-electron chi connectivity index (χ3n) is 5.85. The second kappa shape index (κ2) is 6.53. The van der Waals surface area contributed by atoms with Gasteiger partial charge in [0.1, 0.15) is 10.7 Å². The van der Waals surface area contributed by atoms with E-state index in [4.69, 9.17) is 9.88 Å². The Morgan fingerprint density at radius 3 is 2.76 bits per heavy atom. The van der Waals surface area contributed by atoms with Gasteiger partial charge in [-0.2, -0.15) is 5.10 Å². The molecule has 2 amide bonds. The highest BCUT2D eigenvalue weighted by atomic mass is 32.2. The Hall–Kier alpha value is -2.46. The van der Waals surface area contributed by atoms with E-state index >= 15 is 0 Å². The molecule has 1 aromatic heterocycles. The van der Waals surface area contributed by atoms with Crippen LogP contribution < -0.4 is 15.2 Å². The van der Waals surface area contributed by atoms with Gasteiger partial charge < -0.3 is 10.1 Å². The van der Waals surface area contributed by atoms with Gasteiger partial charge in [0, 0.05) is 11.6 Å². The fourth-order valence-electron chi connectivity index (χ4n) is 4.37. The Morgan fingerprint density at radius 2 is 2.00 bits per heavy atom. The predicted octanol–water partition coefficient (Wildman–Crippen LogP) is 2.57. The summed E-state index contributed by atoms with van der Waals surface area (Å²) in [7, 11) is -3.54. The van der Waals surface area contributed by atoms with E-state index in [2.05, 4.69) is 14.8 Å². The number of nitrogens with one attached hydrogen (secondary N) is 1. The minimum Gasteiger partial charge on any atom is -0.477 e. The largest absolute Gasteiger partial charge is 0.477 e. The van der Waals surface area contributed by atoms with E-state index in [9.17, 15) is 13.4 Å². The molecule has 8 nitrogen and oxygen atoms in total. The zero-order valence-corrected chi connectivity index (χ0v) is 16.9. The number of hydrogen-bond donors (Lipinski definition) is 2. The maximum absolute atomic E-state index is 14.6. The number of carbonyl (C=O) groups excluding carboxylic acids is 1. The molecule has 29 heavy (non-hydrogen) atoms. The zero-order chi connectivity index (χ0) is 20.3. The second-order valence-electron chi connectivity index (χ2n) is 7.96. The first-order chi connectivity index (χ1) is 13.8. The number of fused-ring (bicyclic) bond motifs is 3. The van der Waals surface area contributed by atoms with Crippen LogP contribution >= 0.6 is 0 Å². The number of anilines is 1. The maximum atomic E-state index is 14.6. The minimum atomic E-state index is -3.54. The van der Waals surface area contributed by atoms with Crippen molar-refractivity contribution < 1.29 is 18.1 Å². The van der Waals surface area contributed by atoms with Gasteiger partial charge in [-0.05, 0) is 54.4 Å². The molecule has 0 bridgehead atoms. The van der Waals surface area contributed by atoms with Crippen LogP contribution in [-0.2, 0) is 42.1 Å². The van der Waals surface area contributed by atoms with Gasteiger partial charge in [0.2, 0.25) is 5.88 Å². The quantitative estimate of drug-likeness (QED) is 0.779. The lowest BCUT2D eigenvalue weighted by Crippen LogP contribution is -2.25. The summed E-state index contributed by atoms with van der Waals surface area (Å²) in [4.78, 5) is 12.7. The fourth-order valence-corrected chi connectivity index (χ4v) is 5.38. The lowest BCUT2D eigenvalue weighted by molar-refractivity contribution is 0.171. The van der Waals surface area contributed by atoms with Crippen LogP contribution in [0, 0.1) is 11.7 Å². The molecular formula is C19H22FN5O3S. The summed E-state index contributed by atoms with van der Waals surface area (Å²) in [6.07, 6.45) is 4.93. The van der Waals surface area contributed by atoms with Gasteiger partial charge in [-0.15, -0.1) is 4.36 Å². The van der Waals surface area contributed by atoms with Crippen LogP contribution in [0.2, 0.25) is 0 Å². The average molecular weight is 419 g/mol. The number of halogens is 1. The lowest BCUT2D eigenvalue weighted by atomic mass is 9.83. The van der Waals surface area contributed by atoms with Crippen molar-refractivity contribution in [2.24, 2.45) is 15.4 Å². The van der Waals surface area contributed by atoms with Crippen LogP contribution in [0.25, 0.3) is 0 Å². The van der Waals surface area contributed by atoms with Gasteiger partial charge in [-0.1, -0.05) is 6.92 Å². The van der Waals surface area contributed by atoms with Crippen molar-refractivity contribution in [3.8, 4) is 5.88 Å². The van der Waals surface area contributed by atoms with Gasteiger partial charge in [0.15, 0.2) is 9.92 Å². The van der Waals surface area contributed by atoms with Crippen molar-refractivity contribution in [1.29, 1.82) is 0 Å². The zero-order valence-electron chi connectivity index (χ0n) is 16.0. The van der Waals surface area contributed by atoms with Crippen molar-refractivity contribution in [2.75, 3.05) is 11.9 Å². The summed E-state index contributed by atoms with van der Waals surface area (Å²) < 4.78 is 38.5. The third kappa shape index (κ3) is 2.93. The SMILES string of the molecule is CC1COc2c(S(N)(=O)=NC(=O)Nc3c4c(c(F)c5c3CC5)CCC4)cnn2C1. The number of hydrogen-bond acceptors (Lipinski definition) is 4. The number of aromatic nitrogens is 2. The normalized spacial score (nSPS) is 21.1. The average Bonchev–Trinajstić information content (AvgIpc) is 3.25. The first-order valence-electron chi connectivity index (χ1n) is 9.74. The van der Waals surface area contributed by atoms with Crippen molar-refractivity contribution in [1.82, 2.24) is 9.78 Å². The number of urea groups is 1. The Bertz CT molecular complexity index is 1170. The Kier molecular flexibility index (Phi) is 4.18. The molecule has 0 radical (unpaired) electrons. The second-order valence-corrected chi connectivity index (χ2v) is 9.72. The Morgan fingerprint density at radius 1 is 1.31 bits per heavy atom. The van der Waals surface area contributed by atoms with Crippen molar-refractivity contribution in [2.45, 2.75) is 50.5 Å². The van der Waals surface area contributed by atoms with Crippen molar-refractivity contribution in [3.05, 3.63) is 34.3 Å². The molecule has 2 heterocycles. The molecule has 2 aromatic rings. The van der Waals surface area contributed by atoms with Crippen molar-refractivity contribution >= 4 is 21.6 Å². The number of rotatable bonds is 2. The van der Waals surface area contributed by atoms with Crippen LogP contribution in [-0.4, -0.2) is 26.6 Å². The van der Waals surface area contributed by atoms with Gasteiger partial charge >= 0.3 is 6.03 Å². The first kappa shape index (κ1) is 18.6. The molecule has 0 saturated carbocycles. The topological polar surface area (TPSA) is 112 Å². The van der Waals surface area contributed by atoms with E-state index in [-0.39, 0.29) is 16.6 Å². The van der Waals surface area contributed by atoms with Crippen LogP contribution in [0.3, 0.4) is 0 Å². The Labute approximate surface area is 167 Å². The molecule has 2 atom stereocenters. The molecule has 1 aliphatic heterocycles. The number of amides is 2. The summed E-state index contributed by atoms with van der Waals surface area (Å²) in [5.74, 6) is 0.427. The third-order valence-corrected chi connectivity index (χ3v) is 7.20. The minimum absolute atomic E-state index is 0.108. The molecular weight excluding hydrogens is 397 g/mol. The number of nitrogens with zero attached hydrogens (tertiary/aromatic N) is 3. The molecule has 0 saturated heterocycles. The highest BCUT2D eigenvalue weighted by Crippen LogP contribution is 2.42. The molecule has 154 valence electrons. The smallest absolute Gasteiger partial charge is 0.354 e. The van der Waals surface area contributed by atoms with E-state index < -0.39 is 15.9 Å².